The van der Waals surface area contributed by atoms with Crippen molar-refractivity contribution in [2.45, 2.75) is 25.3 Å². The summed E-state index contributed by atoms with van der Waals surface area (Å²) in [6, 6.07) is 3.06. The molecule has 0 heterocycles. The maximum atomic E-state index is 13.5. The molecule has 1 aromatic rings. The average Bonchev–Trinajstić information content (AvgIpc) is 2.29. The number of amides is 2. The Hall–Kier alpha value is -2.11. The largest absolute Gasteiger partial charge is 0.478 e. The summed E-state index contributed by atoms with van der Waals surface area (Å²) in [6.45, 7) is 0. The van der Waals surface area contributed by atoms with Crippen LogP contribution in [0.15, 0.2) is 18.2 Å². The Morgan fingerprint density at radius 2 is 2.11 bits per heavy atom. The molecular weight excluding hydrogens is 251 g/mol. The number of halogens is 1. The molecule has 19 heavy (non-hydrogen) atoms. The van der Waals surface area contributed by atoms with Crippen molar-refractivity contribution in [2.75, 3.05) is 12.4 Å². The number of hydrogen-bond acceptors (Lipinski definition) is 2. The van der Waals surface area contributed by atoms with Crippen LogP contribution < -0.4 is 5.32 Å². The van der Waals surface area contributed by atoms with Crippen LogP contribution in [0, 0.1) is 5.82 Å². The van der Waals surface area contributed by atoms with Gasteiger partial charge in [-0.1, -0.05) is 0 Å². The van der Waals surface area contributed by atoms with Gasteiger partial charge in [0, 0.05) is 13.1 Å². The zero-order valence-corrected chi connectivity index (χ0v) is 10.5. The third kappa shape index (κ3) is 2.83. The maximum Gasteiger partial charge on any atom is 0.335 e. The first-order valence-electron chi connectivity index (χ1n) is 6.05. The maximum absolute atomic E-state index is 13.5. The van der Waals surface area contributed by atoms with Crippen LogP contribution in [0.4, 0.5) is 14.9 Å². The standard InChI is InChI=1S/C13H15FN2O3/c1-16(9-3-2-4-9)13(19)15-11-7-8(12(17)18)5-6-10(11)14/h5-7,9H,2-4H2,1H3,(H,15,19)(H,17,18). The molecule has 5 nitrogen and oxygen atoms in total. The molecule has 102 valence electrons. The lowest BCUT2D eigenvalue weighted by Crippen LogP contribution is -2.43. The van der Waals surface area contributed by atoms with Gasteiger partial charge in [-0.05, 0) is 37.5 Å². The number of carboxylic acids is 1. The zero-order valence-electron chi connectivity index (χ0n) is 10.5. The fourth-order valence-electron chi connectivity index (χ4n) is 1.90. The topological polar surface area (TPSA) is 69.6 Å². The fraction of sp³-hybridized carbons (Fsp3) is 0.385. The van der Waals surface area contributed by atoms with Gasteiger partial charge in [-0.15, -0.1) is 0 Å². The third-order valence-corrected chi connectivity index (χ3v) is 3.40. The minimum atomic E-state index is -1.16. The minimum Gasteiger partial charge on any atom is -0.478 e. The molecule has 0 saturated heterocycles. The van der Waals surface area contributed by atoms with E-state index in [9.17, 15) is 14.0 Å². The lowest BCUT2D eigenvalue weighted by molar-refractivity contribution is 0.0697. The Morgan fingerprint density at radius 1 is 1.42 bits per heavy atom. The van der Waals surface area contributed by atoms with Gasteiger partial charge in [-0.3, -0.25) is 0 Å². The zero-order chi connectivity index (χ0) is 14.0. The molecule has 6 heteroatoms. The summed E-state index contributed by atoms with van der Waals surface area (Å²) in [5.74, 6) is -1.82. The molecule has 2 amide bonds. The molecule has 0 aromatic heterocycles. The van der Waals surface area contributed by atoms with Crippen LogP contribution in [0.25, 0.3) is 0 Å². The van der Waals surface area contributed by atoms with E-state index in [0.29, 0.717) is 0 Å². The molecule has 1 aliphatic rings. The summed E-state index contributed by atoms with van der Waals surface area (Å²) >= 11 is 0. The molecule has 1 aromatic carbocycles. The molecule has 0 aliphatic heterocycles. The molecule has 0 atom stereocenters. The summed E-state index contributed by atoms with van der Waals surface area (Å²) in [4.78, 5) is 24.2. The summed E-state index contributed by atoms with van der Waals surface area (Å²) in [5, 5.41) is 11.2. The van der Waals surface area contributed by atoms with E-state index in [1.54, 1.807) is 7.05 Å². The van der Waals surface area contributed by atoms with Crippen molar-refractivity contribution in [3.63, 3.8) is 0 Å². The molecule has 1 saturated carbocycles. The Labute approximate surface area is 110 Å². The number of benzene rings is 1. The fourth-order valence-corrected chi connectivity index (χ4v) is 1.90. The lowest BCUT2D eigenvalue weighted by atomic mass is 9.92. The van der Waals surface area contributed by atoms with Gasteiger partial charge in [0.05, 0.1) is 11.3 Å². The number of hydrogen-bond donors (Lipinski definition) is 2. The van der Waals surface area contributed by atoms with Crippen LogP contribution in [-0.4, -0.2) is 35.1 Å². The van der Waals surface area contributed by atoms with Crippen LogP contribution in [-0.2, 0) is 0 Å². The minimum absolute atomic E-state index is 0.0667. The molecule has 0 spiro atoms. The first-order chi connectivity index (χ1) is 8.99. The van der Waals surface area contributed by atoms with Crippen molar-refractivity contribution in [3.05, 3.63) is 29.6 Å². The highest BCUT2D eigenvalue weighted by atomic mass is 19.1. The van der Waals surface area contributed by atoms with Gasteiger partial charge in [0.1, 0.15) is 5.82 Å². The molecule has 1 fully saturated rings. The average molecular weight is 266 g/mol. The number of nitrogens with zero attached hydrogens (tertiary/aromatic N) is 1. The van der Waals surface area contributed by atoms with Crippen LogP contribution in [0.3, 0.4) is 0 Å². The number of rotatable bonds is 3. The van der Waals surface area contributed by atoms with Crippen LogP contribution >= 0.6 is 0 Å². The Balaban J connectivity index is 2.11. The quantitative estimate of drug-likeness (QED) is 0.883. The first kappa shape index (κ1) is 13.3. The number of nitrogens with one attached hydrogen (secondary N) is 1. The molecule has 0 unspecified atom stereocenters. The first-order valence-corrected chi connectivity index (χ1v) is 6.05. The molecule has 1 aliphatic carbocycles. The van der Waals surface area contributed by atoms with E-state index in [-0.39, 0.29) is 17.3 Å². The highest BCUT2D eigenvalue weighted by Gasteiger charge is 2.26. The number of anilines is 1. The predicted molar refractivity (Wildman–Crippen MR) is 67.8 cm³/mol. The number of carbonyl (C=O) groups is 2. The van der Waals surface area contributed by atoms with Crippen molar-refractivity contribution >= 4 is 17.7 Å². The smallest absolute Gasteiger partial charge is 0.335 e. The highest BCUT2D eigenvalue weighted by molar-refractivity contribution is 5.93. The lowest BCUT2D eigenvalue weighted by Gasteiger charge is -2.34. The number of aromatic carboxylic acids is 1. The summed E-state index contributed by atoms with van der Waals surface area (Å²) in [6.07, 6.45) is 2.98. The number of carbonyl (C=O) groups excluding carboxylic acids is 1. The van der Waals surface area contributed by atoms with Gasteiger partial charge < -0.3 is 15.3 Å². The van der Waals surface area contributed by atoms with Crippen molar-refractivity contribution in [1.29, 1.82) is 0 Å². The van der Waals surface area contributed by atoms with Crippen LogP contribution in [0.5, 0.6) is 0 Å². The Morgan fingerprint density at radius 3 is 2.63 bits per heavy atom. The van der Waals surface area contributed by atoms with E-state index in [1.165, 1.54) is 4.90 Å². The van der Waals surface area contributed by atoms with Gasteiger partial charge in [0.25, 0.3) is 0 Å². The van der Waals surface area contributed by atoms with Crippen LogP contribution in [0.1, 0.15) is 29.6 Å². The van der Waals surface area contributed by atoms with Crippen molar-refractivity contribution in [3.8, 4) is 0 Å². The van der Waals surface area contributed by atoms with Gasteiger partial charge in [0.15, 0.2) is 0 Å². The van der Waals surface area contributed by atoms with E-state index in [1.807, 2.05) is 0 Å². The Bertz CT molecular complexity index is 515. The number of urea groups is 1. The Kier molecular flexibility index (Phi) is 3.69. The van der Waals surface area contributed by atoms with Gasteiger partial charge in [0.2, 0.25) is 0 Å². The second-order valence-corrected chi connectivity index (χ2v) is 4.63. The van der Waals surface area contributed by atoms with E-state index < -0.39 is 17.8 Å². The number of carboxylic acid groups (broad SMARTS) is 1. The van der Waals surface area contributed by atoms with Gasteiger partial charge in [-0.2, -0.15) is 0 Å². The molecule has 2 N–H and O–H groups in total. The molecule has 0 radical (unpaired) electrons. The predicted octanol–water partition coefficient (Wildman–Crippen LogP) is 2.54. The van der Waals surface area contributed by atoms with Gasteiger partial charge in [-0.25, -0.2) is 14.0 Å². The van der Waals surface area contributed by atoms with Crippen molar-refractivity contribution in [1.82, 2.24) is 4.90 Å². The SMILES string of the molecule is CN(C(=O)Nc1cc(C(=O)O)ccc1F)C1CCC1. The van der Waals surface area contributed by atoms with Gasteiger partial charge >= 0.3 is 12.0 Å². The second-order valence-electron chi connectivity index (χ2n) is 4.63. The van der Waals surface area contributed by atoms with E-state index in [0.717, 1.165) is 37.5 Å². The van der Waals surface area contributed by atoms with Crippen molar-refractivity contribution in [2.24, 2.45) is 0 Å². The van der Waals surface area contributed by atoms with E-state index >= 15 is 0 Å². The summed E-state index contributed by atoms with van der Waals surface area (Å²) < 4.78 is 13.5. The second kappa shape index (κ2) is 5.26. The van der Waals surface area contributed by atoms with Crippen molar-refractivity contribution < 1.29 is 19.1 Å². The monoisotopic (exact) mass is 266 g/mol. The van der Waals surface area contributed by atoms with Crippen LogP contribution in [0.2, 0.25) is 0 Å². The third-order valence-electron chi connectivity index (χ3n) is 3.40. The molecule has 0 bridgehead atoms. The molecular formula is C13H15FN2O3. The summed E-state index contributed by atoms with van der Waals surface area (Å²) in [5.41, 5.74) is -0.181. The summed E-state index contributed by atoms with van der Waals surface area (Å²) in [7, 11) is 1.65. The normalized spacial score (nSPS) is 14.6. The highest BCUT2D eigenvalue weighted by Crippen LogP contribution is 2.24. The molecule has 2 rings (SSSR count). The van der Waals surface area contributed by atoms with E-state index in [2.05, 4.69) is 5.32 Å². The van der Waals surface area contributed by atoms with E-state index in [4.69, 9.17) is 5.11 Å².